The SMILES string of the molecule is CCC(=O)N1CCc2c(nc(C)n2C2C[C@H]3CC[C@H](C2)N3CCCN(C(=O)Nc2ccc(C(F)(F)F)cc2)c2ccccc2)C1. The van der Waals surface area contributed by atoms with Crippen molar-refractivity contribution in [1.82, 2.24) is 19.4 Å². The van der Waals surface area contributed by atoms with Crippen LogP contribution in [0, 0.1) is 6.92 Å². The molecule has 0 aliphatic carbocycles. The van der Waals surface area contributed by atoms with Crippen molar-refractivity contribution < 1.29 is 22.8 Å². The standard InChI is InChI=1S/C34H41F3N6O2/c1-3-32(44)40-19-16-31-30(22-40)38-23(2)43(31)29-20-27-14-15-28(21-29)41(27)17-7-18-42(26-8-5-4-6-9-26)33(45)39-25-12-10-24(11-13-25)34(35,36)37/h4-6,8-13,27-29H,3,7,14-22H2,1-2H3,(H,39,45)/t27-,28-/m1/s1. The summed E-state index contributed by atoms with van der Waals surface area (Å²) in [7, 11) is 0. The summed E-state index contributed by atoms with van der Waals surface area (Å²) in [5.74, 6) is 1.23. The van der Waals surface area contributed by atoms with E-state index in [1.165, 1.54) is 17.8 Å². The lowest BCUT2D eigenvalue weighted by Gasteiger charge is -2.41. The monoisotopic (exact) mass is 622 g/mol. The van der Waals surface area contributed by atoms with E-state index in [4.69, 9.17) is 4.98 Å². The Hall–Kier alpha value is -3.86. The summed E-state index contributed by atoms with van der Waals surface area (Å²) in [4.78, 5) is 36.8. The van der Waals surface area contributed by atoms with E-state index in [-0.39, 0.29) is 11.9 Å². The number of imidazole rings is 1. The minimum Gasteiger partial charge on any atom is -0.336 e. The molecule has 8 nitrogen and oxygen atoms in total. The van der Waals surface area contributed by atoms with E-state index in [9.17, 15) is 22.8 Å². The van der Waals surface area contributed by atoms with Crippen LogP contribution < -0.4 is 10.2 Å². The van der Waals surface area contributed by atoms with Gasteiger partial charge in [-0.2, -0.15) is 13.2 Å². The van der Waals surface area contributed by atoms with Crippen LogP contribution in [-0.2, 0) is 23.9 Å². The van der Waals surface area contributed by atoms with Gasteiger partial charge in [0.1, 0.15) is 5.82 Å². The minimum absolute atomic E-state index is 0.183. The molecule has 3 aromatic rings. The first-order chi connectivity index (χ1) is 21.6. The smallest absolute Gasteiger partial charge is 0.336 e. The van der Waals surface area contributed by atoms with E-state index < -0.39 is 11.7 Å². The maximum Gasteiger partial charge on any atom is 0.416 e. The highest BCUT2D eigenvalue weighted by atomic mass is 19.4. The number of alkyl halides is 3. The van der Waals surface area contributed by atoms with Gasteiger partial charge in [0, 0.05) is 67.7 Å². The number of hydrogen-bond acceptors (Lipinski definition) is 4. The number of amides is 3. The minimum atomic E-state index is -4.43. The molecule has 2 atom stereocenters. The summed E-state index contributed by atoms with van der Waals surface area (Å²) in [5, 5.41) is 2.78. The number of nitrogens with one attached hydrogen (secondary N) is 1. The third kappa shape index (κ3) is 6.59. The Morgan fingerprint density at radius 1 is 1.00 bits per heavy atom. The molecule has 2 bridgehead atoms. The zero-order valence-corrected chi connectivity index (χ0v) is 25.9. The molecule has 0 unspecified atom stereocenters. The van der Waals surface area contributed by atoms with Gasteiger partial charge in [-0.15, -0.1) is 0 Å². The van der Waals surface area contributed by atoms with Crippen LogP contribution in [0.4, 0.5) is 29.3 Å². The first-order valence-corrected chi connectivity index (χ1v) is 16.0. The molecule has 4 heterocycles. The van der Waals surface area contributed by atoms with E-state index in [1.807, 2.05) is 42.2 Å². The van der Waals surface area contributed by atoms with Crippen molar-refractivity contribution >= 4 is 23.3 Å². The number of rotatable bonds is 8. The van der Waals surface area contributed by atoms with E-state index in [1.54, 1.807) is 4.90 Å². The van der Waals surface area contributed by atoms with Crippen LogP contribution in [0.15, 0.2) is 54.6 Å². The van der Waals surface area contributed by atoms with Crippen molar-refractivity contribution in [3.05, 3.63) is 77.4 Å². The second-order valence-corrected chi connectivity index (χ2v) is 12.4. The molecular formula is C34H41F3N6O2. The number of carbonyl (C=O) groups is 2. The Morgan fingerprint density at radius 3 is 2.33 bits per heavy atom. The molecule has 6 rings (SSSR count). The Balaban J connectivity index is 1.09. The first kappa shape index (κ1) is 31.1. The van der Waals surface area contributed by atoms with Crippen molar-refractivity contribution in [2.24, 2.45) is 0 Å². The molecule has 45 heavy (non-hydrogen) atoms. The molecule has 0 spiro atoms. The van der Waals surface area contributed by atoms with Crippen LogP contribution in [0.3, 0.4) is 0 Å². The lowest BCUT2D eigenvalue weighted by molar-refractivity contribution is -0.137. The highest BCUT2D eigenvalue weighted by molar-refractivity contribution is 6.01. The van der Waals surface area contributed by atoms with Gasteiger partial charge in [0.15, 0.2) is 0 Å². The average Bonchev–Trinajstić information content (AvgIpc) is 3.48. The van der Waals surface area contributed by atoms with Crippen molar-refractivity contribution in [3.8, 4) is 0 Å². The van der Waals surface area contributed by atoms with Gasteiger partial charge in [0.2, 0.25) is 5.91 Å². The zero-order valence-electron chi connectivity index (χ0n) is 25.9. The van der Waals surface area contributed by atoms with E-state index >= 15 is 0 Å². The van der Waals surface area contributed by atoms with Gasteiger partial charge in [0.05, 0.1) is 17.8 Å². The maximum atomic E-state index is 13.4. The van der Waals surface area contributed by atoms with Gasteiger partial charge >= 0.3 is 12.2 Å². The van der Waals surface area contributed by atoms with E-state index in [0.29, 0.717) is 43.3 Å². The molecule has 1 aromatic heterocycles. The molecule has 3 aliphatic heterocycles. The number of benzene rings is 2. The molecule has 3 amide bonds. The Kier molecular flexibility index (Phi) is 8.90. The van der Waals surface area contributed by atoms with E-state index in [2.05, 4.69) is 21.7 Å². The Morgan fingerprint density at radius 2 is 1.69 bits per heavy atom. The van der Waals surface area contributed by atoms with Crippen LogP contribution >= 0.6 is 0 Å². The van der Waals surface area contributed by atoms with Gasteiger partial charge in [-0.1, -0.05) is 25.1 Å². The highest BCUT2D eigenvalue weighted by Crippen LogP contribution is 2.42. The summed E-state index contributed by atoms with van der Waals surface area (Å²) in [6, 6.07) is 14.9. The average molecular weight is 623 g/mol. The van der Waals surface area contributed by atoms with Crippen molar-refractivity contribution in [2.45, 2.75) is 89.6 Å². The van der Waals surface area contributed by atoms with Crippen LogP contribution in [0.2, 0.25) is 0 Å². The van der Waals surface area contributed by atoms with Crippen LogP contribution in [0.1, 0.15) is 74.3 Å². The molecule has 240 valence electrons. The molecule has 2 fully saturated rings. The maximum absolute atomic E-state index is 13.4. The lowest BCUT2D eigenvalue weighted by Crippen LogP contribution is -2.45. The predicted molar refractivity (Wildman–Crippen MR) is 167 cm³/mol. The molecular weight excluding hydrogens is 581 g/mol. The molecule has 11 heteroatoms. The van der Waals surface area contributed by atoms with Crippen LogP contribution in [0.5, 0.6) is 0 Å². The number of piperidine rings is 1. The third-order valence-electron chi connectivity index (χ3n) is 9.68. The predicted octanol–water partition coefficient (Wildman–Crippen LogP) is 6.80. The molecule has 2 aromatic carbocycles. The summed E-state index contributed by atoms with van der Waals surface area (Å²) in [6.07, 6.45) is 2.16. The summed E-state index contributed by atoms with van der Waals surface area (Å²) < 4.78 is 41.5. The second kappa shape index (κ2) is 12.9. The van der Waals surface area contributed by atoms with Crippen LogP contribution in [0.25, 0.3) is 0 Å². The number of aryl methyl sites for hydroxylation is 1. The number of anilines is 2. The first-order valence-electron chi connectivity index (χ1n) is 16.0. The normalized spacial score (nSPS) is 21.4. The lowest BCUT2D eigenvalue weighted by atomic mass is 9.95. The van der Waals surface area contributed by atoms with Gasteiger partial charge in [-0.05, 0) is 75.4 Å². The molecule has 2 saturated heterocycles. The molecule has 0 saturated carbocycles. The van der Waals surface area contributed by atoms with E-state index in [0.717, 1.165) is 81.0 Å². The molecule has 3 aliphatic rings. The van der Waals surface area contributed by atoms with Crippen LogP contribution in [-0.4, -0.2) is 63.0 Å². The van der Waals surface area contributed by atoms with Gasteiger partial charge in [-0.3, -0.25) is 14.6 Å². The molecule has 0 radical (unpaired) electrons. The Labute approximate surface area is 262 Å². The highest BCUT2D eigenvalue weighted by Gasteiger charge is 2.42. The number of halogens is 3. The summed E-state index contributed by atoms with van der Waals surface area (Å²) in [6.45, 7) is 6.70. The van der Waals surface area contributed by atoms with Crippen molar-refractivity contribution in [3.63, 3.8) is 0 Å². The number of carbonyl (C=O) groups excluding carboxylic acids is 2. The fraction of sp³-hybridized carbons (Fsp3) is 0.500. The summed E-state index contributed by atoms with van der Waals surface area (Å²) in [5.41, 5.74) is 2.64. The Bertz CT molecular complexity index is 1490. The summed E-state index contributed by atoms with van der Waals surface area (Å²) >= 11 is 0. The largest absolute Gasteiger partial charge is 0.416 e. The number of para-hydroxylation sites is 1. The fourth-order valence-electron chi connectivity index (χ4n) is 7.58. The fourth-order valence-corrected chi connectivity index (χ4v) is 7.58. The molecule has 1 N–H and O–H groups in total. The van der Waals surface area contributed by atoms with Gasteiger partial charge in [-0.25, -0.2) is 9.78 Å². The topological polar surface area (TPSA) is 73.7 Å². The number of fused-ring (bicyclic) bond motifs is 3. The number of aromatic nitrogens is 2. The zero-order chi connectivity index (χ0) is 31.7. The number of nitrogens with zero attached hydrogens (tertiary/aromatic N) is 5. The van der Waals surface area contributed by atoms with Crippen molar-refractivity contribution in [1.29, 1.82) is 0 Å². The van der Waals surface area contributed by atoms with Gasteiger partial charge < -0.3 is 14.8 Å². The third-order valence-corrected chi connectivity index (χ3v) is 9.68. The number of hydrogen-bond donors (Lipinski definition) is 1. The second-order valence-electron chi connectivity index (χ2n) is 12.4. The quantitative estimate of drug-likeness (QED) is 0.300. The van der Waals surface area contributed by atoms with Crippen molar-refractivity contribution in [2.75, 3.05) is 29.9 Å². The number of urea groups is 1. The van der Waals surface area contributed by atoms with Gasteiger partial charge in [0.25, 0.3) is 0 Å².